The van der Waals surface area contributed by atoms with E-state index in [-0.39, 0.29) is 0 Å². The topological polar surface area (TPSA) is 53.5 Å². The van der Waals surface area contributed by atoms with Crippen molar-refractivity contribution in [2.45, 2.75) is 0 Å². The molecule has 0 saturated carbocycles. The van der Waals surface area contributed by atoms with Crippen LogP contribution in [0, 0.1) is 0 Å². The molecule has 0 radical (unpaired) electrons. The standard InChI is InChI=1S/C63H40N6/c1-4-20-41(21-5-1)61-64-62(42-22-6-2-7-23-42)66-63(65-61)51-31-19-37-57(68-53-33-15-11-26-46(53)47-27-12-16-34-54(47)68)60(51)69-55-35-17-13-29-50(55)59-45(30-18-36-56(59)69)43-38-39-49-48-28-10-14-32-52(48)67(58(49)40-43)44-24-8-3-9-25-44/h1-40H. The highest BCUT2D eigenvalue weighted by Gasteiger charge is 2.26. The molecule has 14 rings (SSSR count). The number of aromatic nitrogens is 6. The van der Waals surface area contributed by atoms with E-state index < -0.39 is 0 Å². The lowest BCUT2D eigenvalue weighted by Crippen LogP contribution is -2.08. The molecule has 10 aromatic carbocycles. The molecule has 4 heterocycles. The van der Waals surface area contributed by atoms with Crippen LogP contribution in [0.15, 0.2) is 243 Å². The summed E-state index contributed by atoms with van der Waals surface area (Å²) in [6, 6.07) is 86.4. The normalized spacial score (nSPS) is 11.8. The maximum atomic E-state index is 5.38. The van der Waals surface area contributed by atoms with Gasteiger partial charge in [0.1, 0.15) is 0 Å². The lowest BCUT2D eigenvalue weighted by Gasteiger charge is -2.20. The van der Waals surface area contributed by atoms with Crippen molar-refractivity contribution in [3.05, 3.63) is 243 Å². The number of benzene rings is 10. The molecule has 69 heavy (non-hydrogen) atoms. The molecule has 0 aliphatic heterocycles. The Labute approximate surface area is 397 Å². The zero-order chi connectivity index (χ0) is 45.4. The fourth-order valence-corrected chi connectivity index (χ4v) is 10.7. The Morgan fingerprint density at radius 1 is 0.261 bits per heavy atom. The minimum atomic E-state index is 0.585. The molecule has 0 aliphatic carbocycles. The summed E-state index contributed by atoms with van der Waals surface area (Å²) in [5.41, 5.74) is 14.9. The molecule has 322 valence electrons. The highest BCUT2D eigenvalue weighted by Crippen LogP contribution is 2.45. The largest absolute Gasteiger partial charge is 0.309 e. The first-order chi connectivity index (χ1) is 34.3. The van der Waals surface area contributed by atoms with Gasteiger partial charge in [0.05, 0.1) is 44.5 Å². The van der Waals surface area contributed by atoms with Crippen molar-refractivity contribution in [3.63, 3.8) is 0 Å². The Morgan fingerprint density at radius 3 is 1.32 bits per heavy atom. The Hall–Kier alpha value is -9.39. The van der Waals surface area contributed by atoms with Gasteiger partial charge in [-0.05, 0) is 71.8 Å². The molecule has 0 spiro atoms. The van der Waals surface area contributed by atoms with Crippen LogP contribution in [-0.4, -0.2) is 28.7 Å². The minimum Gasteiger partial charge on any atom is -0.309 e. The summed E-state index contributed by atoms with van der Waals surface area (Å²) in [4.78, 5) is 15.9. The highest BCUT2D eigenvalue weighted by atomic mass is 15.1. The van der Waals surface area contributed by atoms with Gasteiger partial charge in [0.2, 0.25) is 0 Å². The molecule has 14 aromatic rings. The molecule has 4 aromatic heterocycles. The molecule has 0 N–H and O–H groups in total. The van der Waals surface area contributed by atoms with Crippen molar-refractivity contribution in [1.29, 1.82) is 0 Å². The van der Waals surface area contributed by atoms with Crippen LogP contribution < -0.4 is 0 Å². The average molecular weight is 881 g/mol. The van der Waals surface area contributed by atoms with Crippen LogP contribution in [0.5, 0.6) is 0 Å². The number of rotatable bonds is 7. The van der Waals surface area contributed by atoms with E-state index in [9.17, 15) is 0 Å². The summed E-state index contributed by atoms with van der Waals surface area (Å²) in [6.07, 6.45) is 0. The molecular formula is C63H40N6. The Balaban J connectivity index is 1.10. The van der Waals surface area contributed by atoms with Crippen LogP contribution in [0.3, 0.4) is 0 Å². The quantitative estimate of drug-likeness (QED) is 0.160. The van der Waals surface area contributed by atoms with Crippen LogP contribution in [0.25, 0.3) is 128 Å². The van der Waals surface area contributed by atoms with Crippen molar-refractivity contribution in [2.24, 2.45) is 0 Å². The zero-order valence-electron chi connectivity index (χ0n) is 37.3. The van der Waals surface area contributed by atoms with Gasteiger partial charge in [-0.15, -0.1) is 0 Å². The second-order valence-electron chi connectivity index (χ2n) is 17.6. The number of nitrogens with zero attached hydrogens (tertiary/aromatic N) is 6. The Kier molecular flexibility index (Phi) is 8.79. The zero-order valence-corrected chi connectivity index (χ0v) is 37.3. The van der Waals surface area contributed by atoms with Gasteiger partial charge in [-0.3, -0.25) is 0 Å². The minimum absolute atomic E-state index is 0.585. The van der Waals surface area contributed by atoms with Crippen molar-refractivity contribution in [1.82, 2.24) is 28.7 Å². The van der Waals surface area contributed by atoms with Crippen LogP contribution in [0.2, 0.25) is 0 Å². The fourth-order valence-electron chi connectivity index (χ4n) is 10.7. The summed E-state index contributed by atoms with van der Waals surface area (Å²) in [6.45, 7) is 0. The molecule has 6 heteroatoms. The highest BCUT2D eigenvalue weighted by molar-refractivity contribution is 6.18. The van der Waals surface area contributed by atoms with Crippen LogP contribution >= 0.6 is 0 Å². The van der Waals surface area contributed by atoms with Crippen molar-refractivity contribution >= 4 is 65.4 Å². The van der Waals surface area contributed by atoms with E-state index in [1.54, 1.807) is 0 Å². The average Bonchev–Trinajstić information content (AvgIpc) is 4.07. The van der Waals surface area contributed by atoms with Crippen LogP contribution in [-0.2, 0) is 0 Å². The number of para-hydroxylation sites is 6. The second-order valence-corrected chi connectivity index (χ2v) is 17.6. The van der Waals surface area contributed by atoms with E-state index in [2.05, 4.69) is 220 Å². The summed E-state index contributed by atoms with van der Waals surface area (Å²) >= 11 is 0. The van der Waals surface area contributed by atoms with Gasteiger partial charge in [0.15, 0.2) is 17.5 Å². The van der Waals surface area contributed by atoms with E-state index in [0.717, 1.165) is 77.8 Å². The van der Waals surface area contributed by atoms with Gasteiger partial charge in [-0.2, -0.15) is 0 Å². The van der Waals surface area contributed by atoms with Crippen molar-refractivity contribution in [3.8, 4) is 62.4 Å². The third-order valence-corrected chi connectivity index (χ3v) is 13.7. The van der Waals surface area contributed by atoms with E-state index in [0.29, 0.717) is 17.5 Å². The van der Waals surface area contributed by atoms with E-state index in [4.69, 9.17) is 15.0 Å². The first-order valence-electron chi connectivity index (χ1n) is 23.4. The van der Waals surface area contributed by atoms with Gasteiger partial charge in [0.25, 0.3) is 0 Å². The molecule has 6 nitrogen and oxygen atoms in total. The van der Waals surface area contributed by atoms with Crippen molar-refractivity contribution < 1.29 is 0 Å². The first-order valence-corrected chi connectivity index (χ1v) is 23.4. The monoisotopic (exact) mass is 880 g/mol. The maximum Gasteiger partial charge on any atom is 0.166 e. The van der Waals surface area contributed by atoms with E-state index >= 15 is 0 Å². The Bertz CT molecular complexity index is 4190. The summed E-state index contributed by atoms with van der Waals surface area (Å²) in [5, 5.41) is 7.16. The smallest absolute Gasteiger partial charge is 0.166 e. The number of hydrogen-bond acceptors (Lipinski definition) is 3. The third kappa shape index (κ3) is 6.09. The molecule has 0 atom stereocenters. The molecule has 0 aliphatic rings. The van der Waals surface area contributed by atoms with Gasteiger partial charge in [-0.1, -0.05) is 182 Å². The second kappa shape index (κ2) is 15.6. The van der Waals surface area contributed by atoms with E-state index in [1.807, 2.05) is 36.4 Å². The lowest BCUT2D eigenvalue weighted by molar-refractivity contribution is 1.05. The molecule has 0 fully saturated rings. The molecular weight excluding hydrogens is 841 g/mol. The van der Waals surface area contributed by atoms with Crippen LogP contribution in [0.1, 0.15) is 0 Å². The summed E-state index contributed by atoms with van der Waals surface area (Å²) in [5.74, 6) is 1.81. The van der Waals surface area contributed by atoms with E-state index in [1.165, 1.54) is 32.4 Å². The first kappa shape index (κ1) is 38.8. The molecule has 0 unspecified atom stereocenters. The van der Waals surface area contributed by atoms with Gasteiger partial charge in [-0.25, -0.2) is 15.0 Å². The summed E-state index contributed by atoms with van der Waals surface area (Å²) in [7, 11) is 0. The molecule has 0 saturated heterocycles. The van der Waals surface area contributed by atoms with Crippen LogP contribution in [0.4, 0.5) is 0 Å². The van der Waals surface area contributed by atoms with Gasteiger partial charge < -0.3 is 13.7 Å². The SMILES string of the molecule is c1ccc(-c2nc(-c3ccccc3)nc(-c3cccc(-n4c5ccccc5c5ccccc54)c3-n3c4ccccc4c4c(-c5ccc6c7ccccc7n(-c7ccccc7)c6c5)cccc43)n2)cc1. The predicted octanol–water partition coefficient (Wildman–Crippen LogP) is 15.8. The van der Waals surface area contributed by atoms with Gasteiger partial charge >= 0.3 is 0 Å². The fraction of sp³-hybridized carbons (Fsp3) is 0. The molecule has 0 bridgehead atoms. The summed E-state index contributed by atoms with van der Waals surface area (Å²) < 4.78 is 7.27. The number of fused-ring (bicyclic) bond motifs is 9. The maximum absolute atomic E-state index is 5.38. The molecule has 0 amide bonds. The lowest BCUT2D eigenvalue weighted by atomic mass is 9.98. The van der Waals surface area contributed by atoms with Gasteiger partial charge in [0, 0.05) is 54.7 Å². The third-order valence-electron chi connectivity index (χ3n) is 13.7. The van der Waals surface area contributed by atoms with Crippen molar-refractivity contribution in [2.75, 3.05) is 0 Å². The number of hydrogen-bond donors (Lipinski definition) is 0. The Morgan fingerprint density at radius 2 is 0.710 bits per heavy atom. The predicted molar refractivity (Wildman–Crippen MR) is 285 cm³/mol.